The van der Waals surface area contributed by atoms with Gasteiger partial charge in [-0.05, 0) is 17.7 Å². The van der Waals surface area contributed by atoms with Crippen molar-refractivity contribution in [2.24, 2.45) is 0 Å². The lowest BCUT2D eigenvalue weighted by atomic mass is 9.97. The Kier molecular flexibility index (Phi) is 3.56. The summed E-state index contributed by atoms with van der Waals surface area (Å²) in [6, 6.07) is 2.34. The molecule has 0 unspecified atom stereocenters. The van der Waals surface area contributed by atoms with Crippen molar-refractivity contribution in [3.63, 3.8) is 0 Å². The summed E-state index contributed by atoms with van der Waals surface area (Å²) in [6.45, 7) is 0. The first-order chi connectivity index (χ1) is 7.53. The van der Waals surface area contributed by atoms with Crippen molar-refractivity contribution in [1.29, 1.82) is 0 Å². The SMILES string of the molecule is Nc1cc(C(C(F)(F)F)C(F)(F)F)ccc1S. The molecule has 1 aromatic carbocycles. The van der Waals surface area contributed by atoms with Crippen molar-refractivity contribution < 1.29 is 26.3 Å². The van der Waals surface area contributed by atoms with Crippen LogP contribution in [0.25, 0.3) is 0 Å². The number of alkyl halides is 6. The highest BCUT2D eigenvalue weighted by atomic mass is 32.1. The summed E-state index contributed by atoms with van der Waals surface area (Å²) >= 11 is 3.77. The average Bonchev–Trinajstić information content (AvgIpc) is 2.06. The van der Waals surface area contributed by atoms with E-state index in [1.807, 2.05) is 0 Å². The first kappa shape index (κ1) is 14.0. The Morgan fingerprint density at radius 2 is 1.47 bits per heavy atom. The van der Waals surface area contributed by atoms with Crippen LogP contribution in [0.15, 0.2) is 23.1 Å². The second kappa shape index (κ2) is 4.32. The number of anilines is 1. The lowest BCUT2D eigenvalue weighted by Crippen LogP contribution is -2.34. The van der Waals surface area contributed by atoms with Crippen LogP contribution in [0.3, 0.4) is 0 Å². The van der Waals surface area contributed by atoms with Crippen molar-refractivity contribution >= 4 is 18.3 Å². The number of nitrogen functional groups attached to an aromatic ring is 1. The van der Waals surface area contributed by atoms with Crippen molar-refractivity contribution in [3.8, 4) is 0 Å². The van der Waals surface area contributed by atoms with Crippen LogP contribution in [-0.2, 0) is 0 Å². The van der Waals surface area contributed by atoms with Crippen molar-refractivity contribution in [2.75, 3.05) is 5.73 Å². The molecule has 0 fully saturated rings. The molecule has 0 aliphatic heterocycles. The Labute approximate surface area is 98.0 Å². The third kappa shape index (κ3) is 3.21. The van der Waals surface area contributed by atoms with E-state index >= 15 is 0 Å². The third-order valence-electron chi connectivity index (χ3n) is 2.04. The van der Waals surface area contributed by atoms with Crippen molar-refractivity contribution in [3.05, 3.63) is 23.8 Å². The van der Waals surface area contributed by atoms with Crippen LogP contribution in [-0.4, -0.2) is 12.4 Å². The van der Waals surface area contributed by atoms with E-state index in [0.29, 0.717) is 12.1 Å². The fraction of sp³-hybridized carbons (Fsp3) is 0.333. The van der Waals surface area contributed by atoms with E-state index in [9.17, 15) is 26.3 Å². The number of benzene rings is 1. The van der Waals surface area contributed by atoms with Crippen LogP contribution in [0.1, 0.15) is 11.5 Å². The summed E-state index contributed by atoms with van der Waals surface area (Å²) < 4.78 is 74.1. The second-order valence-corrected chi connectivity index (χ2v) is 3.82. The molecule has 0 heterocycles. The molecule has 0 amide bonds. The topological polar surface area (TPSA) is 26.0 Å². The van der Waals surface area contributed by atoms with E-state index in [2.05, 4.69) is 12.6 Å². The molecule has 17 heavy (non-hydrogen) atoms. The van der Waals surface area contributed by atoms with Crippen LogP contribution in [0.4, 0.5) is 32.0 Å². The zero-order chi connectivity index (χ0) is 13.4. The van der Waals surface area contributed by atoms with Crippen LogP contribution in [0, 0.1) is 0 Å². The molecule has 8 heteroatoms. The lowest BCUT2D eigenvalue weighted by Gasteiger charge is -2.23. The van der Waals surface area contributed by atoms with Gasteiger partial charge in [0.25, 0.3) is 0 Å². The van der Waals surface area contributed by atoms with E-state index in [1.54, 1.807) is 0 Å². The molecule has 0 aromatic heterocycles. The number of nitrogens with two attached hydrogens (primary N) is 1. The maximum absolute atomic E-state index is 12.4. The normalized spacial score (nSPS) is 13.2. The Morgan fingerprint density at radius 3 is 1.82 bits per heavy atom. The Bertz CT molecular complexity index is 397. The molecule has 0 aliphatic rings. The molecule has 1 aromatic rings. The second-order valence-electron chi connectivity index (χ2n) is 3.33. The van der Waals surface area contributed by atoms with E-state index in [-0.39, 0.29) is 10.6 Å². The summed E-state index contributed by atoms with van der Waals surface area (Å²) in [5.41, 5.74) is 4.06. The fourth-order valence-corrected chi connectivity index (χ4v) is 1.46. The molecular weight excluding hydrogens is 268 g/mol. The third-order valence-corrected chi connectivity index (χ3v) is 2.45. The highest BCUT2D eigenvalue weighted by molar-refractivity contribution is 7.80. The summed E-state index contributed by atoms with van der Waals surface area (Å²) in [6.07, 6.45) is -10.8. The summed E-state index contributed by atoms with van der Waals surface area (Å²) in [5.74, 6) is -3.54. The van der Waals surface area contributed by atoms with Crippen LogP contribution < -0.4 is 5.73 Å². The summed E-state index contributed by atoms with van der Waals surface area (Å²) in [5, 5.41) is 0. The minimum Gasteiger partial charge on any atom is -0.398 e. The van der Waals surface area contributed by atoms with Gasteiger partial charge in [-0.25, -0.2) is 0 Å². The van der Waals surface area contributed by atoms with Crippen LogP contribution >= 0.6 is 12.6 Å². The summed E-state index contributed by atoms with van der Waals surface area (Å²) in [4.78, 5) is 0.122. The molecule has 0 aliphatic carbocycles. The average molecular weight is 275 g/mol. The zero-order valence-corrected chi connectivity index (χ0v) is 9.00. The Balaban J connectivity index is 3.29. The van der Waals surface area contributed by atoms with Gasteiger partial charge in [-0.2, -0.15) is 26.3 Å². The molecule has 0 radical (unpaired) electrons. The molecule has 0 saturated carbocycles. The van der Waals surface area contributed by atoms with Crippen LogP contribution in [0.2, 0.25) is 0 Å². The molecule has 96 valence electrons. The van der Waals surface area contributed by atoms with Gasteiger partial charge in [-0.3, -0.25) is 0 Å². The van der Waals surface area contributed by atoms with Gasteiger partial charge < -0.3 is 5.73 Å². The molecule has 0 atom stereocenters. The number of hydrogen-bond donors (Lipinski definition) is 2. The first-order valence-corrected chi connectivity index (χ1v) is 4.70. The number of thiol groups is 1. The molecule has 0 spiro atoms. The maximum Gasteiger partial charge on any atom is 0.404 e. The number of rotatable bonds is 1. The van der Waals surface area contributed by atoms with Gasteiger partial charge in [-0.1, -0.05) is 6.07 Å². The standard InChI is InChI=1S/C9H7F6NS/c10-8(11,12)7(9(13,14)15)4-1-2-6(17)5(16)3-4/h1-3,7,17H,16H2. The van der Waals surface area contributed by atoms with Gasteiger partial charge in [-0.15, -0.1) is 12.6 Å². The van der Waals surface area contributed by atoms with Gasteiger partial charge in [0.1, 0.15) is 0 Å². The van der Waals surface area contributed by atoms with E-state index in [0.717, 1.165) is 6.07 Å². The first-order valence-electron chi connectivity index (χ1n) is 4.25. The molecule has 1 nitrogen and oxygen atoms in total. The van der Waals surface area contributed by atoms with Crippen LogP contribution in [0.5, 0.6) is 0 Å². The summed E-state index contributed by atoms with van der Waals surface area (Å²) in [7, 11) is 0. The predicted octanol–water partition coefficient (Wildman–Crippen LogP) is 3.77. The van der Waals surface area contributed by atoms with Gasteiger partial charge >= 0.3 is 12.4 Å². The monoisotopic (exact) mass is 275 g/mol. The largest absolute Gasteiger partial charge is 0.404 e. The molecular formula is C9H7F6NS. The van der Waals surface area contributed by atoms with E-state index < -0.39 is 23.8 Å². The zero-order valence-electron chi connectivity index (χ0n) is 8.10. The highest BCUT2D eigenvalue weighted by Gasteiger charge is 2.57. The fourth-order valence-electron chi connectivity index (χ4n) is 1.32. The van der Waals surface area contributed by atoms with Gasteiger partial charge in [0.05, 0.1) is 0 Å². The predicted molar refractivity (Wildman–Crippen MR) is 53.0 cm³/mol. The molecule has 0 saturated heterocycles. The molecule has 0 bridgehead atoms. The van der Waals surface area contributed by atoms with Crippen molar-refractivity contribution in [1.82, 2.24) is 0 Å². The minimum atomic E-state index is -5.41. The Hall–Kier alpha value is -1.05. The van der Waals surface area contributed by atoms with Gasteiger partial charge in [0, 0.05) is 10.6 Å². The lowest BCUT2D eigenvalue weighted by molar-refractivity contribution is -0.253. The highest BCUT2D eigenvalue weighted by Crippen LogP contribution is 2.46. The van der Waals surface area contributed by atoms with E-state index in [4.69, 9.17) is 5.73 Å². The molecule has 1 rings (SSSR count). The van der Waals surface area contributed by atoms with Crippen molar-refractivity contribution in [2.45, 2.75) is 23.2 Å². The van der Waals surface area contributed by atoms with Gasteiger partial charge in [0.2, 0.25) is 0 Å². The van der Waals surface area contributed by atoms with Gasteiger partial charge in [0.15, 0.2) is 5.92 Å². The van der Waals surface area contributed by atoms with E-state index in [1.165, 1.54) is 0 Å². The molecule has 2 N–H and O–H groups in total. The smallest absolute Gasteiger partial charge is 0.398 e. The minimum absolute atomic E-state index is 0.122. The Morgan fingerprint density at radius 1 is 1.00 bits per heavy atom. The quantitative estimate of drug-likeness (QED) is 0.455. The number of halogens is 6. The maximum atomic E-state index is 12.4. The number of hydrogen-bond acceptors (Lipinski definition) is 2.